The number of allylic oxidation sites excluding steroid dienone is 1. The maximum Gasteiger partial charge on any atom is 0.246 e. The molecule has 1 aromatic heterocycles. The third-order valence-electron chi connectivity index (χ3n) is 8.35. The summed E-state index contributed by atoms with van der Waals surface area (Å²) in [7, 11) is 1.65. The molecule has 1 aliphatic heterocycles. The second-order valence-electron chi connectivity index (χ2n) is 11.4. The van der Waals surface area contributed by atoms with Crippen LogP contribution in [0.2, 0.25) is 0 Å². The molecule has 42 heavy (non-hydrogen) atoms. The van der Waals surface area contributed by atoms with Gasteiger partial charge in [0.05, 0.1) is 12.6 Å². The zero-order chi connectivity index (χ0) is 29.5. The van der Waals surface area contributed by atoms with Crippen LogP contribution in [0.15, 0.2) is 66.3 Å². The summed E-state index contributed by atoms with van der Waals surface area (Å²) in [5.41, 5.74) is 5.56. The minimum atomic E-state index is -0.0149. The van der Waals surface area contributed by atoms with Gasteiger partial charge in [-0.1, -0.05) is 35.4 Å². The van der Waals surface area contributed by atoms with Gasteiger partial charge < -0.3 is 19.4 Å². The van der Waals surface area contributed by atoms with E-state index in [4.69, 9.17) is 9.72 Å². The molecule has 0 unspecified atom stereocenters. The van der Waals surface area contributed by atoms with Crippen LogP contribution >= 0.6 is 0 Å². The molecule has 2 aliphatic rings. The summed E-state index contributed by atoms with van der Waals surface area (Å²) in [6.45, 7) is 7.62. The summed E-state index contributed by atoms with van der Waals surface area (Å²) in [6, 6.07) is 16.2. The Morgan fingerprint density at radius 3 is 2.50 bits per heavy atom. The Balaban J connectivity index is 1.44. The number of ether oxygens (including phenoxy) is 1. The summed E-state index contributed by atoms with van der Waals surface area (Å²) < 4.78 is 5.27. The van der Waals surface area contributed by atoms with Crippen molar-refractivity contribution in [3.63, 3.8) is 0 Å². The lowest BCUT2D eigenvalue weighted by Crippen LogP contribution is -2.48. The molecule has 220 valence electrons. The van der Waals surface area contributed by atoms with Crippen molar-refractivity contribution in [1.82, 2.24) is 14.8 Å². The van der Waals surface area contributed by atoms with Gasteiger partial charge in [0.2, 0.25) is 11.8 Å². The van der Waals surface area contributed by atoms with E-state index in [1.807, 2.05) is 40.1 Å². The second-order valence-corrected chi connectivity index (χ2v) is 11.4. The minimum absolute atomic E-state index is 0.0149. The molecule has 2 aromatic carbocycles. The Morgan fingerprint density at radius 2 is 1.81 bits per heavy atom. The van der Waals surface area contributed by atoms with E-state index in [2.05, 4.69) is 42.2 Å². The molecule has 1 saturated heterocycles. The summed E-state index contributed by atoms with van der Waals surface area (Å²) in [6.07, 6.45) is 11.5. The Bertz CT molecular complexity index is 1470. The van der Waals surface area contributed by atoms with Crippen molar-refractivity contribution in [2.45, 2.75) is 52.5 Å². The van der Waals surface area contributed by atoms with E-state index < -0.39 is 0 Å². The summed E-state index contributed by atoms with van der Waals surface area (Å²) in [5, 5.41) is 1.08. The third kappa shape index (κ3) is 7.38. The highest BCUT2D eigenvalue weighted by Gasteiger charge is 2.24. The fraction of sp³-hybridized carbons (Fsp3) is 0.400. The van der Waals surface area contributed by atoms with Crippen LogP contribution in [0.1, 0.15) is 55.7 Å². The Labute approximate surface area is 249 Å². The van der Waals surface area contributed by atoms with Gasteiger partial charge in [-0.25, -0.2) is 4.98 Å². The number of anilines is 1. The number of carbonyl (C=O) groups excluding carboxylic acids is 2. The highest BCUT2D eigenvalue weighted by Crippen LogP contribution is 2.28. The molecule has 2 amide bonds. The van der Waals surface area contributed by atoms with E-state index in [-0.39, 0.29) is 11.8 Å². The highest BCUT2D eigenvalue weighted by atomic mass is 16.5. The van der Waals surface area contributed by atoms with Gasteiger partial charge in [0.1, 0.15) is 11.6 Å². The van der Waals surface area contributed by atoms with Crippen molar-refractivity contribution in [3.8, 4) is 5.75 Å². The number of amides is 2. The first-order chi connectivity index (χ1) is 20.4. The van der Waals surface area contributed by atoms with Crippen LogP contribution in [0, 0.1) is 6.92 Å². The average Bonchev–Trinajstić information content (AvgIpc) is 3.02. The van der Waals surface area contributed by atoms with Crippen LogP contribution in [0.3, 0.4) is 0 Å². The predicted molar refractivity (Wildman–Crippen MR) is 170 cm³/mol. The van der Waals surface area contributed by atoms with Crippen molar-refractivity contribution in [1.29, 1.82) is 0 Å². The number of hydrogen-bond acceptors (Lipinski definition) is 5. The van der Waals surface area contributed by atoms with Gasteiger partial charge in [0, 0.05) is 63.2 Å². The largest absolute Gasteiger partial charge is 0.497 e. The summed E-state index contributed by atoms with van der Waals surface area (Å²) >= 11 is 0. The summed E-state index contributed by atoms with van der Waals surface area (Å²) in [4.78, 5) is 37.0. The number of benzene rings is 2. The minimum Gasteiger partial charge on any atom is -0.497 e. The molecule has 7 heteroatoms. The zero-order valence-electron chi connectivity index (χ0n) is 25.1. The second kappa shape index (κ2) is 13.7. The van der Waals surface area contributed by atoms with Gasteiger partial charge in [-0.3, -0.25) is 9.59 Å². The van der Waals surface area contributed by atoms with E-state index in [0.717, 1.165) is 65.9 Å². The molecule has 5 rings (SSSR count). The molecule has 1 aliphatic carbocycles. The fourth-order valence-electron chi connectivity index (χ4n) is 5.82. The number of aryl methyl sites for hydroxylation is 1. The van der Waals surface area contributed by atoms with Crippen LogP contribution in [-0.4, -0.2) is 66.4 Å². The monoisotopic (exact) mass is 566 g/mol. The molecule has 2 heterocycles. The van der Waals surface area contributed by atoms with Crippen molar-refractivity contribution in [2.24, 2.45) is 0 Å². The predicted octanol–water partition coefficient (Wildman–Crippen LogP) is 6.15. The van der Waals surface area contributed by atoms with Crippen molar-refractivity contribution >= 4 is 34.6 Å². The van der Waals surface area contributed by atoms with E-state index in [9.17, 15) is 9.59 Å². The standard InChI is InChI=1S/C35H42N4O3/c1-26-9-15-33-30(23-26)24-31(35(36-33)38-21-19-37(20-22-38)27(2)40)25-39(18-17-28-7-5-4-6-8-28)34(41)16-12-29-10-13-32(42-3)14-11-29/h7,9-16,23-24H,4-6,8,17-22,25H2,1-3H3/b16-12+. The Kier molecular flexibility index (Phi) is 9.57. The van der Waals surface area contributed by atoms with Crippen LogP contribution in [-0.2, 0) is 16.1 Å². The first-order valence-electron chi connectivity index (χ1n) is 15.1. The molecule has 0 N–H and O–H groups in total. The van der Waals surface area contributed by atoms with Crippen LogP contribution < -0.4 is 9.64 Å². The first kappa shape index (κ1) is 29.4. The number of fused-ring (bicyclic) bond motifs is 1. The molecule has 0 saturated carbocycles. The van der Waals surface area contributed by atoms with Gasteiger partial charge in [-0.15, -0.1) is 0 Å². The van der Waals surface area contributed by atoms with Gasteiger partial charge in [-0.2, -0.15) is 0 Å². The lowest BCUT2D eigenvalue weighted by molar-refractivity contribution is -0.129. The van der Waals surface area contributed by atoms with Gasteiger partial charge in [-0.05, 0) is 81.0 Å². The number of rotatable bonds is 9. The Hall–Kier alpha value is -4.13. The van der Waals surface area contributed by atoms with Gasteiger partial charge in [0.25, 0.3) is 0 Å². The SMILES string of the molecule is COc1ccc(/C=C/C(=O)N(CCC2=CCCCC2)Cc2cc3cc(C)ccc3nc2N2CCN(C(C)=O)CC2)cc1. The molecule has 0 bridgehead atoms. The van der Waals surface area contributed by atoms with Crippen molar-refractivity contribution < 1.29 is 14.3 Å². The normalized spacial score (nSPS) is 15.6. The number of piperazine rings is 1. The van der Waals surface area contributed by atoms with Crippen LogP contribution in [0.25, 0.3) is 17.0 Å². The van der Waals surface area contributed by atoms with Gasteiger partial charge in [0.15, 0.2) is 0 Å². The number of nitrogens with zero attached hydrogens (tertiary/aromatic N) is 4. The fourth-order valence-corrected chi connectivity index (χ4v) is 5.82. The zero-order valence-corrected chi connectivity index (χ0v) is 25.1. The molecule has 3 aromatic rings. The number of aromatic nitrogens is 1. The average molecular weight is 567 g/mol. The molecular formula is C35H42N4O3. The molecule has 0 spiro atoms. The lowest BCUT2D eigenvalue weighted by Gasteiger charge is -2.36. The number of hydrogen-bond donors (Lipinski definition) is 0. The number of pyridine rings is 1. The van der Waals surface area contributed by atoms with Crippen molar-refractivity contribution in [2.75, 3.05) is 44.7 Å². The van der Waals surface area contributed by atoms with E-state index in [1.54, 1.807) is 20.1 Å². The number of methoxy groups -OCH3 is 1. The number of carbonyl (C=O) groups is 2. The quantitative estimate of drug-likeness (QED) is 0.230. The van der Waals surface area contributed by atoms with Gasteiger partial charge >= 0.3 is 0 Å². The lowest BCUT2D eigenvalue weighted by atomic mass is 9.97. The van der Waals surface area contributed by atoms with Crippen LogP contribution in [0.4, 0.5) is 5.82 Å². The topological polar surface area (TPSA) is 66.0 Å². The molecular weight excluding hydrogens is 524 g/mol. The van der Waals surface area contributed by atoms with E-state index in [0.29, 0.717) is 26.2 Å². The first-order valence-corrected chi connectivity index (χ1v) is 15.1. The van der Waals surface area contributed by atoms with Crippen LogP contribution in [0.5, 0.6) is 5.75 Å². The maximum absolute atomic E-state index is 13.8. The third-order valence-corrected chi connectivity index (χ3v) is 8.35. The maximum atomic E-state index is 13.8. The van der Waals surface area contributed by atoms with E-state index >= 15 is 0 Å². The smallest absolute Gasteiger partial charge is 0.246 e. The molecule has 1 fully saturated rings. The van der Waals surface area contributed by atoms with E-state index in [1.165, 1.54) is 24.0 Å². The molecule has 7 nitrogen and oxygen atoms in total. The molecule has 0 radical (unpaired) electrons. The summed E-state index contributed by atoms with van der Waals surface area (Å²) in [5.74, 6) is 1.79. The highest BCUT2D eigenvalue weighted by molar-refractivity contribution is 5.92. The Morgan fingerprint density at radius 1 is 1.02 bits per heavy atom. The molecule has 0 atom stereocenters. The van der Waals surface area contributed by atoms with Crippen molar-refractivity contribution in [3.05, 3.63) is 82.9 Å².